The van der Waals surface area contributed by atoms with Crippen LogP contribution in [-0.4, -0.2) is 41.7 Å². The summed E-state index contributed by atoms with van der Waals surface area (Å²) >= 11 is 1.61. The molecular weight excluding hydrogens is 384 g/mol. The van der Waals surface area contributed by atoms with Crippen LogP contribution in [0.5, 0.6) is 0 Å². The van der Waals surface area contributed by atoms with E-state index in [0.717, 1.165) is 24.2 Å². The monoisotopic (exact) mass is 412 g/mol. The zero-order chi connectivity index (χ0) is 20.4. The average molecular weight is 413 g/mol. The molecular formula is C23H28N2O3S. The Labute approximate surface area is 176 Å². The molecule has 4 aliphatic carbocycles. The maximum absolute atomic E-state index is 13.1. The molecule has 0 radical (unpaired) electrons. The number of esters is 1. The molecule has 0 spiro atoms. The summed E-state index contributed by atoms with van der Waals surface area (Å²) in [7, 11) is 0. The van der Waals surface area contributed by atoms with Crippen LogP contribution in [0.15, 0.2) is 29.2 Å². The quantitative estimate of drug-likeness (QED) is 0.494. The molecule has 0 heterocycles. The smallest absolute Gasteiger partial charge is 0.338 e. The topological polar surface area (TPSA) is 70.4 Å². The second kappa shape index (κ2) is 8.39. The normalized spacial score (nSPS) is 29.3. The molecule has 0 unspecified atom stereocenters. The van der Waals surface area contributed by atoms with Crippen LogP contribution in [0.2, 0.25) is 0 Å². The van der Waals surface area contributed by atoms with Gasteiger partial charge in [0.1, 0.15) is 0 Å². The number of amides is 1. The van der Waals surface area contributed by atoms with Gasteiger partial charge in [-0.25, -0.2) is 4.79 Å². The predicted molar refractivity (Wildman–Crippen MR) is 111 cm³/mol. The summed E-state index contributed by atoms with van der Waals surface area (Å²) in [6.07, 6.45) is 9.30. The fraction of sp³-hybridized carbons (Fsp3) is 0.609. The number of carbonyl (C=O) groups excluding carboxylic acids is 2. The Morgan fingerprint density at radius 2 is 1.72 bits per heavy atom. The summed E-state index contributed by atoms with van der Waals surface area (Å²) in [4.78, 5) is 28.5. The summed E-state index contributed by atoms with van der Waals surface area (Å²) in [5.74, 6) is 1.48. The summed E-state index contributed by atoms with van der Waals surface area (Å²) in [5, 5.41) is 9.11. The highest BCUT2D eigenvalue weighted by molar-refractivity contribution is 7.98. The van der Waals surface area contributed by atoms with Crippen LogP contribution < -0.4 is 0 Å². The lowest BCUT2D eigenvalue weighted by molar-refractivity contribution is -0.153. The molecule has 0 aliphatic heterocycles. The first kappa shape index (κ1) is 20.3. The Morgan fingerprint density at radius 1 is 1.14 bits per heavy atom. The van der Waals surface area contributed by atoms with E-state index in [2.05, 4.69) is 6.07 Å². The minimum atomic E-state index is -0.475. The fourth-order valence-corrected chi connectivity index (χ4v) is 6.61. The second-order valence-electron chi connectivity index (χ2n) is 8.90. The summed E-state index contributed by atoms with van der Waals surface area (Å²) in [6.45, 7) is 0.178. The van der Waals surface area contributed by atoms with Gasteiger partial charge in [-0.1, -0.05) is 0 Å². The number of nitrogens with zero attached hydrogens (tertiary/aromatic N) is 2. The van der Waals surface area contributed by atoms with Gasteiger partial charge < -0.3 is 9.64 Å². The van der Waals surface area contributed by atoms with Gasteiger partial charge in [0, 0.05) is 17.0 Å². The lowest BCUT2D eigenvalue weighted by Gasteiger charge is -2.60. The first-order chi connectivity index (χ1) is 14.0. The molecule has 4 saturated carbocycles. The van der Waals surface area contributed by atoms with E-state index in [4.69, 9.17) is 10.00 Å². The van der Waals surface area contributed by atoms with E-state index in [1.807, 2.05) is 23.3 Å². The third-order valence-electron chi connectivity index (χ3n) is 6.98. The highest BCUT2D eigenvalue weighted by Crippen LogP contribution is 2.57. The molecule has 4 aliphatic rings. The average Bonchev–Trinajstić information content (AvgIpc) is 2.71. The van der Waals surface area contributed by atoms with Gasteiger partial charge in [0.25, 0.3) is 5.91 Å². The van der Waals surface area contributed by atoms with Crippen molar-refractivity contribution in [1.82, 2.24) is 4.90 Å². The van der Waals surface area contributed by atoms with Crippen LogP contribution in [0.1, 0.15) is 55.3 Å². The summed E-state index contributed by atoms with van der Waals surface area (Å²) in [5.41, 5.74) is 0.323. The molecule has 29 heavy (non-hydrogen) atoms. The molecule has 1 aromatic rings. The number of carbonyl (C=O) groups is 2. The summed E-state index contributed by atoms with van der Waals surface area (Å²) < 4.78 is 5.37. The van der Waals surface area contributed by atoms with Gasteiger partial charge in [0.2, 0.25) is 0 Å². The number of hydrogen-bond donors (Lipinski definition) is 0. The zero-order valence-electron chi connectivity index (χ0n) is 16.9. The minimum absolute atomic E-state index is 0.130. The lowest BCUT2D eigenvalue weighted by atomic mass is 9.52. The SMILES string of the molecule is CSc1ccc(C(=O)OCC(=O)N(CCC#N)C23CC4CC(CC(C4)C2)C3)cc1. The highest BCUT2D eigenvalue weighted by atomic mass is 32.2. The van der Waals surface area contributed by atoms with Gasteiger partial charge in [-0.15, -0.1) is 11.8 Å². The molecule has 1 aromatic carbocycles. The molecule has 154 valence electrons. The Balaban J connectivity index is 1.43. The van der Waals surface area contributed by atoms with Crippen molar-refractivity contribution in [3.8, 4) is 6.07 Å². The van der Waals surface area contributed by atoms with Crippen LogP contribution in [0.25, 0.3) is 0 Å². The van der Waals surface area contributed by atoms with Crippen LogP contribution in [0.4, 0.5) is 0 Å². The first-order valence-electron chi connectivity index (χ1n) is 10.5. The van der Waals surface area contributed by atoms with Crippen molar-refractivity contribution in [2.45, 2.75) is 55.4 Å². The van der Waals surface area contributed by atoms with E-state index in [-0.39, 0.29) is 18.1 Å². The van der Waals surface area contributed by atoms with Gasteiger partial charge in [-0.2, -0.15) is 5.26 Å². The molecule has 0 N–H and O–H groups in total. The van der Waals surface area contributed by atoms with Crippen molar-refractivity contribution < 1.29 is 14.3 Å². The van der Waals surface area contributed by atoms with Gasteiger partial charge in [0.15, 0.2) is 6.61 Å². The van der Waals surface area contributed by atoms with Gasteiger partial charge in [-0.05, 0) is 86.8 Å². The van der Waals surface area contributed by atoms with E-state index >= 15 is 0 Å². The van der Waals surface area contributed by atoms with E-state index in [9.17, 15) is 9.59 Å². The second-order valence-corrected chi connectivity index (χ2v) is 9.78. The van der Waals surface area contributed by atoms with Gasteiger partial charge in [-0.3, -0.25) is 4.79 Å². The number of nitriles is 1. The van der Waals surface area contributed by atoms with Crippen molar-refractivity contribution >= 4 is 23.6 Å². The first-order valence-corrected chi connectivity index (χ1v) is 11.7. The van der Waals surface area contributed by atoms with Gasteiger partial charge in [0.05, 0.1) is 18.1 Å². The molecule has 0 atom stereocenters. The van der Waals surface area contributed by atoms with Crippen molar-refractivity contribution in [3.05, 3.63) is 29.8 Å². The molecule has 1 amide bonds. The van der Waals surface area contributed by atoms with Crippen molar-refractivity contribution in [1.29, 1.82) is 5.26 Å². The molecule has 4 fully saturated rings. The van der Waals surface area contributed by atoms with Crippen LogP contribution >= 0.6 is 11.8 Å². The minimum Gasteiger partial charge on any atom is -0.452 e. The Bertz CT molecular complexity index is 779. The number of benzene rings is 1. The Morgan fingerprint density at radius 3 is 2.24 bits per heavy atom. The standard InChI is InChI=1S/C23H28N2O3S/c1-29-20-5-3-19(4-6-20)22(27)28-15-21(26)25(8-2-7-24)23-12-16-9-17(13-23)11-18(10-16)14-23/h3-6,16-18H,2,8-15H2,1H3. The Kier molecular flexibility index (Phi) is 5.87. The van der Waals surface area contributed by atoms with Gasteiger partial charge >= 0.3 is 5.97 Å². The molecule has 5 rings (SSSR count). The predicted octanol–water partition coefficient (Wildman–Crippen LogP) is 4.28. The maximum Gasteiger partial charge on any atom is 0.338 e. The largest absolute Gasteiger partial charge is 0.452 e. The van der Waals surface area contributed by atoms with Crippen molar-refractivity contribution in [2.24, 2.45) is 17.8 Å². The van der Waals surface area contributed by atoms with Crippen LogP contribution in [-0.2, 0) is 9.53 Å². The van der Waals surface area contributed by atoms with Crippen molar-refractivity contribution in [3.63, 3.8) is 0 Å². The number of ether oxygens (including phenoxy) is 1. The number of thioether (sulfide) groups is 1. The zero-order valence-corrected chi connectivity index (χ0v) is 17.7. The maximum atomic E-state index is 13.1. The molecule has 0 aromatic heterocycles. The molecule has 0 saturated heterocycles. The van der Waals surface area contributed by atoms with Crippen LogP contribution in [0, 0.1) is 29.1 Å². The van der Waals surface area contributed by atoms with Crippen LogP contribution in [0.3, 0.4) is 0 Å². The fourth-order valence-electron chi connectivity index (χ4n) is 6.20. The van der Waals surface area contributed by atoms with Crippen molar-refractivity contribution in [2.75, 3.05) is 19.4 Å². The summed E-state index contributed by atoms with van der Waals surface area (Å²) in [6, 6.07) is 9.38. The number of hydrogen-bond acceptors (Lipinski definition) is 5. The Hall–Kier alpha value is -2.00. The van der Waals surface area contributed by atoms with E-state index in [0.29, 0.717) is 36.3 Å². The van der Waals surface area contributed by atoms with E-state index in [1.54, 1.807) is 23.9 Å². The third-order valence-corrected chi connectivity index (χ3v) is 7.72. The molecule has 6 heteroatoms. The number of rotatable bonds is 7. The molecule has 5 nitrogen and oxygen atoms in total. The highest BCUT2D eigenvalue weighted by Gasteiger charge is 2.54. The molecule has 4 bridgehead atoms. The van der Waals surface area contributed by atoms with E-state index < -0.39 is 5.97 Å². The third kappa shape index (κ3) is 4.16. The lowest BCUT2D eigenvalue weighted by Crippen LogP contribution is -2.62. The van der Waals surface area contributed by atoms with E-state index in [1.165, 1.54) is 19.3 Å².